The van der Waals surface area contributed by atoms with Gasteiger partial charge in [-0.05, 0) is 31.1 Å². The molecule has 0 radical (unpaired) electrons. The number of hydrogen-bond donors (Lipinski definition) is 1. The number of likely N-dealkylation sites (N-methyl/N-ethyl adjacent to an activating group) is 1. The lowest BCUT2D eigenvalue weighted by Gasteiger charge is -2.65. The molecule has 5 unspecified atom stereocenters. The Morgan fingerprint density at radius 1 is 1.45 bits per heavy atom. The Morgan fingerprint density at radius 3 is 2.70 bits per heavy atom. The number of nitrogens with zero attached hydrogens (tertiary/aromatic N) is 1. The van der Waals surface area contributed by atoms with E-state index in [1.807, 2.05) is 11.9 Å². The fourth-order valence-corrected chi connectivity index (χ4v) is 4.41. The molecule has 0 spiro atoms. The summed E-state index contributed by atoms with van der Waals surface area (Å²) in [6.07, 6.45) is 3.43. The normalized spacial score (nSPS) is 45.2. The van der Waals surface area contributed by atoms with Gasteiger partial charge in [0.05, 0.1) is 6.10 Å². The highest BCUT2D eigenvalue weighted by molar-refractivity contribution is 5.89. The summed E-state index contributed by atoms with van der Waals surface area (Å²) in [4.78, 5) is 14.8. The van der Waals surface area contributed by atoms with E-state index in [1.54, 1.807) is 0 Å². The van der Waals surface area contributed by atoms with Gasteiger partial charge in [-0.3, -0.25) is 4.79 Å². The van der Waals surface area contributed by atoms with Gasteiger partial charge in [-0.15, -0.1) is 0 Å². The van der Waals surface area contributed by atoms with Gasteiger partial charge in [0.1, 0.15) is 5.54 Å². The van der Waals surface area contributed by atoms with Crippen molar-refractivity contribution in [2.24, 2.45) is 28.9 Å². The number of carbonyl (C=O) groups is 1. The first-order chi connectivity index (χ1) is 9.30. The zero-order chi connectivity index (χ0) is 14.7. The van der Waals surface area contributed by atoms with Crippen LogP contribution in [0, 0.1) is 23.2 Å². The predicted molar refractivity (Wildman–Crippen MR) is 78.1 cm³/mol. The van der Waals surface area contributed by atoms with Gasteiger partial charge in [-0.2, -0.15) is 0 Å². The third kappa shape index (κ3) is 1.77. The first-order valence-electron chi connectivity index (χ1n) is 7.96. The Bertz CT molecular complexity index is 423. The number of rotatable bonds is 3. The average Bonchev–Trinajstić information content (AvgIpc) is 3.12. The largest absolute Gasteiger partial charge is 0.377 e. The summed E-state index contributed by atoms with van der Waals surface area (Å²) in [5.74, 6) is 1.75. The van der Waals surface area contributed by atoms with Crippen LogP contribution in [0.2, 0.25) is 0 Å². The molecule has 2 aliphatic carbocycles. The van der Waals surface area contributed by atoms with Crippen molar-refractivity contribution in [3.8, 4) is 0 Å². The Labute approximate surface area is 122 Å². The molecule has 0 aromatic heterocycles. The molecule has 3 rings (SSSR count). The summed E-state index contributed by atoms with van der Waals surface area (Å²) < 4.78 is 5.88. The highest BCUT2D eigenvalue weighted by Gasteiger charge is 2.70. The van der Waals surface area contributed by atoms with Gasteiger partial charge in [0.2, 0.25) is 5.91 Å². The minimum atomic E-state index is -0.745. The molecule has 2 saturated carbocycles. The number of carbonyl (C=O) groups excluding carboxylic acids is 1. The standard InChI is InChI=1S/C16H28N2O2/c1-10-8-11(10)9-18(4)14(19)16(17)12-6-5-7-20-13(12)15(16,2)3/h10-13H,5-9,17H2,1-4H3. The molecule has 20 heavy (non-hydrogen) atoms. The molecule has 1 aliphatic heterocycles. The lowest BCUT2D eigenvalue weighted by molar-refractivity contribution is -0.229. The van der Waals surface area contributed by atoms with Crippen LogP contribution in [0.3, 0.4) is 0 Å². The fraction of sp³-hybridized carbons (Fsp3) is 0.938. The van der Waals surface area contributed by atoms with Crippen LogP contribution < -0.4 is 5.73 Å². The van der Waals surface area contributed by atoms with Crippen LogP contribution in [0.15, 0.2) is 0 Å². The van der Waals surface area contributed by atoms with Crippen molar-refractivity contribution >= 4 is 5.91 Å². The van der Waals surface area contributed by atoms with E-state index >= 15 is 0 Å². The van der Waals surface area contributed by atoms with Crippen LogP contribution in [0.4, 0.5) is 0 Å². The van der Waals surface area contributed by atoms with Crippen LogP contribution in [0.25, 0.3) is 0 Å². The fourth-order valence-electron chi connectivity index (χ4n) is 4.41. The number of amides is 1. The van der Waals surface area contributed by atoms with Gasteiger partial charge in [0.15, 0.2) is 0 Å². The zero-order valence-corrected chi connectivity index (χ0v) is 13.2. The molecule has 5 atom stereocenters. The minimum Gasteiger partial charge on any atom is -0.377 e. The maximum Gasteiger partial charge on any atom is 0.243 e. The molecule has 114 valence electrons. The Hall–Kier alpha value is -0.610. The van der Waals surface area contributed by atoms with Crippen molar-refractivity contribution in [3.05, 3.63) is 0 Å². The van der Waals surface area contributed by atoms with E-state index in [-0.39, 0.29) is 23.3 Å². The van der Waals surface area contributed by atoms with Gasteiger partial charge in [-0.25, -0.2) is 0 Å². The third-order valence-corrected chi connectivity index (χ3v) is 6.17. The maximum absolute atomic E-state index is 12.9. The van der Waals surface area contributed by atoms with E-state index in [4.69, 9.17) is 10.5 Å². The van der Waals surface area contributed by atoms with Gasteiger partial charge in [0.25, 0.3) is 0 Å². The van der Waals surface area contributed by atoms with Crippen molar-refractivity contribution in [2.75, 3.05) is 20.2 Å². The number of fused-ring (bicyclic) bond motifs is 1. The molecule has 0 aromatic carbocycles. The highest BCUT2D eigenvalue weighted by atomic mass is 16.5. The Kier molecular flexibility index (Phi) is 3.18. The Morgan fingerprint density at radius 2 is 2.10 bits per heavy atom. The molecule has 1 amide bonds. The Balaban J connectivity index is 1.74. The summed E-state index contributed by atoms with van der Waals surface area (Å²) in [6, 6.07) is 0. The summed E-state index contributed by atoms with van der Waals surface area (Å²) in [5, 5.41) is 0. The van der Waals surface area contributed by atoms with E-state index in [0.29, 0.717) is 5.92 Å². The monoisotopic (exact) mass is 280 g/mol. The molecule has 4 nitrogen and oxygen atoms in total. The molecule has 1 saturated heterocycles. The second-order valence-corrected chi connectivity index (χ2v) is 7.79. The van der Waals surface area contributed by atoms with Crippen molar-refractivity contribution in [1.29, 1.82) is 0 Å². The summed E-state index contributed by atoms with van der Waals surface area (Å²) in [7, 11) is 1.91. The highest BCUT2D eigenvalue weighted by Crippen LogP contribution is 2.58. The van der Waals surface area contributed by atoms with Crippen LogP contribution >= 0.6 is 0 Å². The molecule has 3 fully saturated rings. The lowest BCUT2D eigenvalue weighted by Crippen LogP contribution is -2.82. The first-order valence-corrected chi connectivity index (χ1v) is 7.96. The topological polar surface area (TPSA) is 55.6 Å². The molecule has 2 N–H and O–H groups in total. The molecule has 0 bridgehead atoms. The average molecular weight is 280 g/mol. The molecule has 4 heteroatoms. The molecule has 1 heterocycles. The summed E-state index contributed by atoms with van der Waals surface area (Å²) in [5.41, 5.74) is 5.63. The predicted octanol–water partition coefficient (Wildman–Crippen LogP) is 1.63. The van der Waals surface area contributed by atoms with Gasteiger partial charge in [-0.1, -0.05) is 20.8 Å². The first kappa shape index (κ1) is 14.3. The zero-order valence-electron chi connectivity index (χ0n) is 13.2. The van der Waals surface area contributed by atoms with E-state index in [2.05, 4.69) is 20.8 Å². The number of hydrogen-bond acceptors (Lipinski definition) is 3. The lowest BCUT2D eigenvalue weighted by atomic mass is 9.46. The smallest absolute Gasteiger partial charge is 0.243 e. The van der Waals surface area contributed by atoms with Crippen molar-refractivity contribution in [3.63, 3.8) is 0 Å². The second kappa shape index (κ2) is 4.44. The van der Waals surface area contributed by atoms with E-state index in [1.165, 1.54) is 6.42 Å². The van der Waals surface area contributed by atoms with Crippen LogP contribution in [-0.2, 0) is 9.53 Å². The van der Waals surface area contributed by atoms with E-state index in [9.17, 15) is 4.79 Å². The number of nitrogens with two attached hydrogens (primary N) is 1. The minimum absolute atomic E-state index is 0.119. The van der Waals surface area contributed by atoms with Crippen molar-refractivity contribution in [1.82, 2.24) is 4.90 Å². The number of ether oxygens (including phenoxy) is 1. The van der Waals surface area contributed by atoms with Crippen molar-refractivity contribution < 1.29 is 9.53 Å². The summed E-state index contributed by atoms with van der Waals surface area (Å²) >= 11 is 0. The third-order valence-electron chi connectivity index (χ3n) is 6.17. The van der Waals surface area contributed by atoms with Gasteiger partial charge >= 0.3 is 0 Å². The van der Waals surface area contributed by atoms with Gasteiger partial charge in [0, 0.05) is 31.5 Å². The van der Waals surface area contributed by atoms with Crippen LogP contribution in [0.1, 0.15) is 40.0 Å². The van der Waals surface area contributed by atoms with E-state index < -0.39 is 5.54 Å². The molecule has 0 aromatic rings. The quantitative estimate of drug-likeness (QED) is 0.855. The molecule has 3 aliphatic rings. The second-order valence-electron chi connectivity index (χ2n) is 7.79. The SMILES string of the molecule is CC1CC1CN(C)C(=O)C1(N)C2CCCOC2C1(C)C. The maximum atomic E-state index is 12.9. The molecular formula is C16H28N2O2. The van der Waals surface area contributed by atoms with Crippen LogP contribution in [-0.4, -0.2) is 42.6 Å². The van der Waals surface area contributed by atoms with Crippen LogP contribution in [0.5, 0.6) is 0 Å². The van der Waals surface area contributed by atoms with Gasteiger partial charge < -0.3 is 15.4 Å². The summed E-state index contributed by atoms with van der Waals surface area (Å²) in [6.45, 7) is 8.09. The van der Waals surface area contributed by atoms with E-state index in [0.717, 1.165) is 31.9 Å². The van der Waals surface area contributed by atoms with Crippen molar-refractivity contribution in [2.45, 2.75) is 51.7 Å². The molecular weight excluding hydrogens is 252 g/mol.